The molecule has 2 aromatic rings. The third kappa shape index (κ3) is 4.39. The number of hydrogen-bond acceptors (Lipinski definition) is 4. The second-order valence-electron chi connectivity index (χ2n) is 4.62. The third-order valence-electron chi connectivity index (χ3n) is 3.00. The van der Waals surface area contributed by atoms with E-state index in [4.69, 9.17) is 4.74 Å². The number of benzene rings is 1. The van der Waals surface area contributed by atoms with Gasteiger partial charge in [0.2, 0.25) is 0 Å². The number of amides is 1. The van der Waals surface area contributed by atoms with Gasteiger partial charge in [0.1, 0.15) is 0 Å². The molecule has 1 amide bonds. The molecular weight excluding hydrogens is 348 g/mol. The number of ether oxygens (including phenoxy) is 1. The lowest BCUT2D eigenvalue weighted by Crippen LogP contribution is -2.31. The van der Waals surface area contributed by atoms with Crippen molar-refractivity contribution in [1.82, 2.24) is 10.3 Å². The van der Waals surface area contributed by atoms with Crippen LogP contribution in [0.3, 0.4) is 0 Å². The molecule has 0 aliphatic carbocycles. The summed E-state index contributed by atoms with van der Waals surface area (Å²) in [6.07, 6.45) is 2.98. The van der Waals surface area contributed by atoms with Crippen molar-refractivity contribution in [2.24, 2.45) is 0 Å². The van der Waals surface area contributed by atoms with Gasteiger partial charge in [-0.25, -0.2) is 4.79 Å². The van der Waals surface area contributed by atoms with Crippen molar-refractivity contribution in [2.75, 3.05) is 6.61 Å². The molecular formula is C16H15BrN2O3. The Bertz CT molecular complexity index is 661. The molecule has 0 aliphatic rings. The number of esters is 1. The van der Waals surface area contributed by atoms with E-state index in [1.807, 2.05) is 31.2 Å². The molecule has 2 rings (SSSR count). The summed E-state index contributed by atoms with van der Waals surface area (Å²) in [5, 5.41) is 2.79. The predicted molar refractivity (Wildman–Crippen MR) is 85.2 cm³/mol. The highest BCUT2D eigenvalue weighted by Gasteiger charge is 2.14. The summed E-state index contributed by atoms with van der Waals surface area (Å²) in [5.41, 5.74) is 1.32. The zero-order valence-electron chi connectivity index (χ0n) is 12.0. The van der Waals surface area contributed by atoms with Crippen LogP contribution >= 0.6 is 15.9 Å². The second-order valence-corrected chi connectivity index (χ2v) is 5.48. The van der Waals surface area contributed by atoms with E-state index in [-0.39, 0.29) is 18.6 Å². The number of halogens is 1. The van der Waals surface area contributed by atoms with Gasteiger partial charge in [-0.15, -0.1) is 0 Å². The Labute approximate surface area is 136 Å². The number of pyridine rings is 1. The van der Waals surface area contributed by atoms with E-state index in [0.717, 1.165) is 10.0 Å². The van der Waals surface area contributed by atoms with Crippen molar-refractivity contribution in [3.8, 4) is 0 Å². The molecule has 1 aromatic carbocycles. The van der Waals surface area contributed by atoms with Crippen molar-refractivity contribution in [2.45, 2.75) is 13.0 Å². The van der Waals surface area contributed by atoms with Crippen LogP contribution < -0.4 is 5.32 Å². The first-order valence-electron chi connectivity index (χ1n) is 6.69. The fourth-order valence-electron chi connectivity index (χ4n) is 1.89. The summed E-state index contributed by atoms with van der Waals surface area (Å²) in [6.45, 7) is 1.54. The SMILES string of the molecule is C[C@H](NC(=O)COC(=O)c1ccncc1)c1ccccc1Br. The van der Waals surface area contributed by atoms with Gasteiger partial charge in [0, 0.05) is 16.9 Å². The lowest BCUT2D eigenvalue weighted by molar-refractivity contribution is -0.124. The Hall–Kier alpha value is -2.21. The van der Waals surface area contributed by atoms with E-state index in [9.17, 15) is 9.59 Å². The quantitative estimate of drug-likeness (QED) is 0.830. The molecule has 0 bridgehead atoms. The van der Waals surface area contributed by atoms with Crippen LogP contribution in [0.5, 0.6) is 0 Å². The maximum Gasteiger partial charge on any atom is 0.338 e. The van der Waals surface area contributed by atoms with Gasteiger partial charge in [-0.05, 0) is 30.7 Å². The van der Waals surface area contributed by atoms with Crippen LogP contribution in [0.2, 0.25) is 0 Å². The van der Waals surface area contributed by atoms with Gasteiger partial charge < -0.3 is 10.1 Å². The zero-order valence-corrected chi connectivity index (χ0v) is 13.5. The Kier molecular flexibility index (Phi) is 5.66. The molecule has 1 N–H and O–H groups in total. The first-order valence-corrected chi connectivity index (χ1v) is 7.48. The van der Waals surface area contributed by atoms with E-state index in [1.54, 1.807) is 0 Å². The van der Waals surface area contributed by atoms with Crippen molar-refractivity contribution in [3.63, 3.8) is 0 Å². The van der Waals surface area contributed by atoms with Crippen LogP contribution in [0.15, 0.2) is 53.3 Å². The maximum atomic E-state index is 11.9. The number of carbonyl (C=O) groups excluding carboxylic acids is 2. The van der Waals surface area contributed by atoms with Crippen molar-refractivity contribution in [3.05, 3.63) is 64.4 Å². The number of aromatic nitrogens is 1. The average Bonchev–Trinajstić information content (AvgIpc) is 2.53. The highest BCUT2D eigenvalue weighted by atomic mass is 79.9. The van der Waals surface area contributed by atoms with E-state index in [2.05, 4.69) is 26.2 Å². The fraction of sp³-hybridized carbons (Fsp3) is 0.188. The second kappa shape index (κ2) is 7.70. The zero-order chi connectivity index (χ0) is 15.9. The number of rotatable bonds is 5. The highest BCUT2D eigenvalue weighted by molar-refractivity contribution is 9.10. The molecule has 1 aromatic heterocycles. The molecule has 0 fully saturated rings. The fourth-order valence-corrected chi connectivity index (χ4v) is 2.52. The van der Waals surface area contributed by atoms with E-state index in [0.29, 0.717) is 5.56 Å². The standard InChI is InChI=1S/C16H15BrN2O3/c1-11(13-4-2-3-5-14(13)17)19-15(20)10-22-16(21)12-6-8-18-9-7-12/h2-9,11H,10H2,1H3,(H,19,20)/t11-/m0/s1. The maximum absolute atomic E-state index is 11.9. The number of hydrogen-bond donors (Lipinski definition) is 1. The molecule has 1 heterocycles. The minimum atomic E-state index is -0.550. The Morgan fingerprint density at radius 2 is 1.91 bits per heavy atom. The molecule has 0 saturated heterocycles. The molecule has 114 valence electrons. The molecule has 0 saturated carbocycles. The van der Waals surface area contributed by atoms with Crippen molar-refractivity contribution < 1.29 is 14.3 Å². The smallest absolute Gasteiger partial charge is 0.338 e. The van der Waals surface area contributed by atoms with Gasteiger partial charge in [-0.1, -0.05) is 34.1 Å². The Morgan fingerprint density at radius 1 is 1.23 bits per heavy atom. The third-order valence-corrected chi connectivity index (χ3v) is 3.72. The van der Waals surface area contributed by atoms with E-state index in [1.165, 1.54) is 24.5 Å². The molecule has 0 aliphatic heterocycles. The van der Waals surface area contributed by atoms with Crippen LogP contribution in [0, 0.1) is 0 Å². The largest absolute Gasteiger partial charge is 0.452 e. The molecule has 1 atom stereocenters. The number of nitrogens with zero attached hydrogens (tertiary/aromatic N) is 1. The molecule has 0 spiro atoms. The van der Waals surface area contributed by atoms with Gasteiger partial charge >= 0.3 is 5.97 Å². The summed E-state index contributed by atoms with van der Waals surface area (Å²) in [6, 6.07) is 10.5. The lowest BCUT2D eigenvalue weighted by Gasteiger charge is -2.15. The van der Waals surface area contributed by atoms with Crippen LogP contribution in [0.1, 0.15) is 28.9 Å². The summed E-state index contributed by atoms with van der Waals surface area (Å²) in [7, 11) is 0. The van der Waals surface area contributed by atoms with Gasteiger partial charge in [-0.3, -0.25) is 9.78 Å². The van der Waals surface area contributed by atoms with Gasteiger partial charge in [0.05, 0.1) is 11.6 Å². The molecule has 0 unspecified atom stereocenters. The first-order chi connectivity index (χ1) is 10.6. The molecule has 5 nitrogen and oxygen atoms in total. The normalized spacial score (nSPS) is 11.5. The molecule has 22 heavy (non-hydrogen) atoms. The summed E-state index contributed by atoms with van der Waals surface area (Å²) < 4.78 is 5.88. The average molecular weight is 363 g/mol. The first kappa shape index (κ1) is 16.2. The molecule has 6 heteroatoms. The van der Waals surface area contributed by atoms with E-state index >= 15 is 0 Å². The van der Waals surface area contributed by atoms with Crippen molar-refractivity contribution >= 4 is 27.8 Å². The summed E-state index contributed by atoms with van der Waals surface area (Å²) in [4.78, 5) is 27.4. The minimum Gasteiger partial charge on any atom is -0.452 e. The summed E-state index contributed by atoms with van der Waals surface area (Å²) >= 11 is 3.44. The van der Waals surface area contributed by atoms with Gasteiger partial charge in [-0.2, -0.15) is 0 Å². The topological polar surface area (TPSA) is 68.3 Å². The number of carbonyl (C=O) groups is 2. The lowest BCUT2D eigenvalue weighted by atomic mass is 10.1. The van der Waals surface area contributed by atoms with Gasteiger partial charge in [0.25, 0.3) is 5.91 Å². The highest BCUT2D eigenvalue weighted by Crippen LogP contribution is 2.22. The number of nitrogens with one attached hydrogen (secondary N) is 1. The monoisotopic (exact) mass is 362 g/mol. The minimum absolute atomic E-state index is 0.192. The summed E-state index contributed by atoms with van der Waals surface area (Å²) in [5.74, 6) is -0.906. The van der Waals surface area contributed by atoms with E-state index < -0.39 is 5.97 Å². The Balaban J connectivity index is 1.86. The van der Waals surface area contributed by atoms with Crippen LogP contribution in [0.4, 0.5) is 0 Å². The van der Waals surface area contributed by atoms with Gasteiger partial charge in [0.15, 0.2) is 6.61 Å². The van der Waals surface area contributed by atoms with Crippen molar-refractivity contribution in [1.29, 1.82) is 0 Å². The predicted octanol–water partition coefficient (Wildman–Crippen LogP) is 2.88. The Morgan fingerprint density at radius 3 is 2.59 bits per heavy atom. The van der Waals surface area contributed by atoms with Crippen LogP contribution in [-0.2, 0) is 9.53 Å². The van der Waals surface area contributed by atoms with Crippen LogP contribution in [0.25, 0.3) is 0 Å². The molecule has 0 radical (unpaired) electrons. The van der Waals surface area contributed by atoms with Crippen LogP contribution in [-0.4, -0.2) is 23.5 Å².